The van der Waals surface area contributed by atoms with Crippen LogP contribution in [0.3, 0.4) is 0 Å². The molecule has 1 heterocycles. The fourth-order valence-corrected chi connectivity index (χ4v) is 4.37. The van der Waals surface area contributed by atoms with E-state index in [1.165, 1.54) is 43.3 Å². The van der Waals surface area contributed by atoms with Crippen molar-refractivity contribution in [2.24, 2.45) is 15.2 Å². The molecule has 1 aliphatic heterocycles. The molecule has 1 fully saturated rings. The van der Waals surface area contributed by atoms with Crippen LogP contribution in [0.4, 0.5) is 22.7 Å². The molecule has 0 bridgehead atoms. The molecule has 1 saturated heterocycles. The van der Waals surface area contributed by atoms with Gasteiger partial charge in [-0.2, -0.15) is 10.2 Å². The van der Waals surface area contributed by atoms with Crippen molar-refractivity contribution in [2.45, 2.75) is 13.0 Å². The van der Waals surface area contributed by atoms with Gasteiger partial charge in [0.1, 0.15) is 11.4 Å². The maximum absolute atomic E-state index is 13.4. The van der Waals surface area contributed by atoms with E-state index in [9.17, 15) is 14.7 Å². The first kappa shape index (κ1) is 25.7. The summed E-state index contributed by atoms with van der Waals surface area (Å²) >= 11 is 25.0. The number of azo groups is 1. The van der Waals surface area contributed by atoms with Gasteiger partial charge in [0.25, 0.3) is 5.91 Å². The number of amidine groups is 1. The number of benzene rings is 3. The molecule has 0 spiro atoms. The number of hydrogen-bond acceptors (Lipinski definition) is 6. The minimum Gasteiger partial charge on any atom is -0.508 e. The number of carbonyl (C=O) groups is 2. The van der Waals surface area contributed by atoms with Gasteiger partial charge in [0.2, 0.25) is 11.9 Å². The zero-order chi connectivity index (χ0) is 26.0. The van der Waals surface area contributed by atoms with E-state index in [0.717, 1.165) is 5.01 Å². The molecular formula is C23H16Cl4N6O3. The summed E-state index contributed by atoms with van der Waals surface area (Å²) in [6.45, 7) is 1.37. The Balaban J connectivity index is 1.78. The topological polar surface area (TPSA) is 119 Å². The summed E-state index contributed by atoms with van der Waals surface area (Å²) in [5.41, 5.74) is 4.14. The summed E-state index contributed by atoms with van der Waals surface area (Å²) in [5.74, 6) is -0.714. The molecule has 4 rings (SSSR count). The van der Waals surface area contributed by atoms with E-state index in [0.29, 0.717) is 16.4 Å². The Bertz CT molecular complexity index is 1390. The Morgan fingerprint density at radius 2 is 1.67 bits per heavy atom. The van der Waals surface area contributed by atoms with Crippen molar-refractivity contribution in [1.82, 2.24) is 5.43 Å². The van der Waals surface area contributed by atoms with Gasteiger partial charge in [-0.15, -0.1) is 0 Å². The molecule has 36 heavy (non-hydrogen) atoms. The molecule has 0 aromatic heterocycles. The molecule has 3 aromatic rings. The molecule has 1 aliphatic rings. The number of hydrazine groups is 1. The van der Waals surface area contributed by atoms with Crippen LogP contribution in [-0.4, -0.2) is 28.8 Å². The summed E-state index contributed by atoms with van der Waals surface area (Å²) in [6, 6.07) is 12.3. The summed E-state index contributed by atoms with van der Waals surface area (Å²) < 4.78 is 0. The normalized spacial score (nSPS) is 16.6. The van der Waals surface area contributed by atoms with E-state index >= 15 is 0 Å². The number of carbonyl (C=O) groups excluding carboxylic acids is 2. The van der Waals surface area contributed by atoms with Crippen LogP contribution in [0.15, 0.2) is 69.8 Å². The van der Waals surface area contributed by atoms with E-state index in [1.807, 2.05) is 0 Å². The third kappa shape index (κ3) is 5.71. The van der Waals surface area contributed by atoms with Crippen LogP contribution in [0.2, 0.25) is 20.1 Å². The van der Waals surface area contributed by atoms with Crippen molar-refractivity contribution >= 4 is 86.8 Å². The van der Waals surface area contributed by atoms with Gasteiger partial charge in [-0.3, -0.25) is 15.0 Å². The third-order valence-electron chi connectivity index (χ3n) is 4.79. The highest BCUT2D eigenvalue weighted by atomic mass is 35.5. The SMILES string of the molecule is CC(=O)Nc1ccc(Cl)c(N=C2NN(c3c(Cl)cc(Cl)cc3Cl)C(=O)C2N=Nc2ccc(O)cc2)c1. The van der Waals surface area contributed by atoms with Gasteiger partial charge < -0.3 is 10.4 Å². The third-order valence-corrected chi connectivity index (χ3v) is 5.90. The Morgan fingerprint density at radius 3 is 2.31 bits per heavy atom. The Labute approximate surface area is 225 Å². The number of phenolic OH excluding ortho intramolecular Hbond substituents is 1. The van der Waals surface area contributed by atoms with Crippen LogP contribution < -0.4 is 15.8 Å². The van der Waals surface area contributed by atoms with Gasteiger partial charge in [0, 0.05) is 17.6 Å². The number of aromatic hydroxyl groups is 1. The second-order valence-electron chi connectivity index (χ2n) is 7.48. The van der Waals surface area contributed by atoms with Gasteiger partial charge in [-0.1, -0.05) is 46.4 Å². The molecule has 184 valence electrons. The Kier molecular flexibility index (Phi) is 7.65. The molecule has 9 nitrogen and oxygen atoms in total. The van der Waals surface area contributed by atoms with Gasteiger partial charge in [-0.05, 0) is 54.6 Å². The highest BCUT2D eigenvalue weighted by Crippen LogP contribution is 2.38. The molecule has 3 N–H and O–H groups in total. The second kappa shape index (κ2) is 10.7. The summed E-state index contributed by atoms with van der Waals surface area (Å²) in [6.07, 6.45) is 0. The molecule has 1 atom stereocenters. The van der Waals surface area contributed by atoms with Gasteiger partial charge in [-0.25, -0.2) is 10.0 Å². The van der Waals surface area contributed by atoms with Crippen molar-refractivity contribution in [1.29, 1.82) is 0 Å². The van der Waals surface area contributed by atoms with E-state index in [-0.39, 0.29) is 43.9 Å². The maximum Gasteiger partial charge on any atom is 0.280 e. The number of aliphatic imine (C=N–C) groups is 1. The predicted molar refractivity (Wildman–Crippen MR) is 141 cm³/mol. The minimum absolute atomic E-state index is 0.0571. The Morgan fingerprint density at radius 1 is 1.00 bits per heavy atom. The zero-order valence-corrected chi connectivity index (χ0v) is 21.4. The first-order chi connectivity index (χ1) is 17.1. The lowest BCUT2D eigenvalue weighted by atomic mass is 10.2. The first-order valence-corrected chi connectivity index (χ1v) is 11.7. The Hall–Kier alpha value is -3.37. The number of anilines is 2. The molecule has 13 heteroatoms. The summed E-state index contributed by atoms with van der Waals surface area (Å²) in [4.78, 5) is 29.4. The standard InChI is InChI=1S/C23H16Cl4N6O3/c1-11(34)28-14-4-7-16(25)19(10-14)29-22-20(31-30-13-2-5-15(35)6-3-13)23(36)33(32-22)21-17(26)8-12(24)9-18(21)27/h2-10,20,35H,1H3,(H,28,34)(H,29,32). The molecule has 3 aromatic carbocycles. The molecule has 0 saturated carbocycles. The minimum atomic E-state index is -1.22. The monoisotopic (exact) mass is 564 g/mol. The number of nitrogens with one attached hydrogen (secondary N) is 2. The molecule has 0 aliphatic carbocycles. The van der Waals surface area contributed by atoms with Crippen LogP contribution in [0.5, 0.6) is 5.75 Å². The largest absolute Gasteiger partial charge is 0.508 e. The lowest BCUT2D eigenvalue weighted by Crippen LogP contribution is -2.36. The van der Waals surface area contributed by atoms with Crippen LogP contribution in [0, 0.1) is 0 Å². The van der Waals surface area contributed by atoms with Crippen molar-refractivity contribution in [2.75, 3.05) is 10.3 Å². The first-order valence-electron chi connectivity index (χ1n) is 10.2. The van der Waals surface area contributed by atoms with Gasteiger partial charge >= 0.3 is 0 Å². The highest BCUT2D eigenvalue weighted by Gasteiger charge is 2.41. The van der Waals surface area contributed by atoms with Crippen molar-refractivity contribution in [3.8, 4) is 5.75 Å². The fraction of sp³-hybridized carbons (Fsp3) is 0.0870. The maximum atomic E-state index is 13.4. The average molecular weight is 566 g/mol. The van der Waals surface area contributed by atoms with Crippen LogP contribution in [0.1, 0.15) is 6.92 Å². The summed E-state index contributed by atoms with van der Waals surface area (Å²) in [7, 11) is 0. The van der Waals surface area contributed by atoms with E-state index < -0.39 is 11.9 Å². The smallest absolute Gasteiger partial charge is 0.280 e. The lowest BCUT2D eigenvalue weighted by Gasteiger charge is -2.19. The molecular weight excluding hydrogens is 550 g/mol. The second-order valence-corrected chi connectivity index (χ2v) is 9.14. The zero-order valence-electron chi connectivity index (χ0n) is 18.3. The molecule has 2 amide bonds. The fourth-order valence-electron chi connectivity index (χ4n) is 3.23. The van der Waals surface area contributed by atoms with Crippen molar-refractivity contribution < 1.29 is 14.7 Å². The van der Waals surface area contributed by atoms with Gasteiger partial charge in [0.15, 0.2) is 5.84 Å². The van der Waals surface area contributed by atoms with Crippen LogP contribution >= 0.6 is 46.4 Å². The predicted octanol–water partition coefficient (Wildman–Crippen LogP) is 6.70. The van der Waals surface area contributed by atoms with E-state index in [1.54, 1.807) is 18.2 Å². The van der Waals surface area contributed by atoms with Gasteiger partial charge in [0.05, 0.1) is 26.4 Å². The molecule has 0 radical (unpaired) electrons. The van der Waals surface area contributed by atoms with E-state index in [2.05, 4.69) is 26.0 Å². The quantitative estimate of drug-likeness (QED) is 0.298. The number of rotatable bonds is 5. The number of halogens is 4. The number of nitrogens with zero attached hydrogens (tertiary/aromatic N) is 4. The lowest BCUT2D eigenvalue weighted by molar-refractivity contribution is -0.118. The molecule has 1 unspecified atom stereocenters. The number of phenols is 1. The number of hydrogen-bond donors (Lipinski definition) is 3. The van der Waals surface area contributed by atoms with Crippen LogP contribution in [0.25, 0.3) is 0 Å². The van der Waals surface area contributed by atoms with Crippen LogP contribution in [-0.2, 0) is 9.59 Å². The average Bonchev–Trinajstić information content (AvgIpc) is 3.09. The van der Waals surface area contributed by atoms with Crippen molar-refractivity contribution in [3.63, 3.8) is 0 Å². The summed E-state index contributed by atoms with van der Waals surface area (Å²) in [5, 5.41) is 22.3. The van der Waals surface area contributed by atoms with Crippen molar-refractivity contribution in [3.05, 3.63) is 74.7 Å². The highest BCUT2D eigenvalue weighted by molar-refractivity contribution is 6.43. The van der Waals surface area contributed by atoms with E-state index in [4.69, 9.17) is 46.4 Å². The number of amides is 2.